The molecule has 0 bridgehead atoms. The molecule has 6 nitrogen and oxygen atoms in total. The van der Waals surface area contributed by atoms with Gasteiger partial charge < -0.3 is 9.05 Å². The van der Waals surface area contributed by atoms with Crippen molar-refractivity contribution < 1.29 is 22.7 Å². The molecule has 0 aromatic carbocycles. The Morgan fingerprint density at radius 2 is 1.40 bits per heavy atom. The van der Waals surface area contributed by atoms with E-state index in [0.717, 1.165) is 0 Å². The van der Waals surface area contributed by atoms with Crippen LogP contribution in [0.15, 0.2) is 0 Å². The van der Waals surface area contributed by atoms with Crippen LogP contribution in [0.5, 0.6) is 0 Å². The number of hydrogen-bond donors (Lipinski definition) is 1. The van der Waals surface area contributed by atoms with Crippen molar-refractivity contribution in [3.05, 3.63) is 0 Å². The zero-order valence-corrected chi connectivity index (χ0v) is 15.9. The quantitative estimate of drug-likeness (QED) is 0.391. The van der Waals surface area contributed by atoms with E-state index in [-0.39, 0.29) is 0 Å². The summed E-state index contributed by atoms with van der Waals surface area (Å²) in [5.41, 5.74) is -2.29. The molecule has 0 spiro atoms. The molecule has 0 aliphatic heterocycles. The van der Waals surface area contributed by atoms with Gasteiger partial charge in [0.1, 0.15) is 0 Å². The zero-order valence-electron chi connectivity index (χ0n) is 12.5. The van der Waals surface area contributed by atoms with Crippen LogP contribution in [-0.4, -0.2) is 38.7 Å². The lowest BCUT2D eigenvalue weighted by molar-refractivity contribution is 0.211. The molecule has 0 unspecified atom stereocenters. The molecule has 0 aromatic heterocycles. The van der Waals surface area contributed by atoms with Crippen molar-refractivity contribution in [2.45, 2.75) is 27.7 Å². The molecule has 0 saturated heterocycles. The molecule has 0 saturated carbocycles. The maximum absolute atomic E-state index is 12.1. The largest absolute Gasteiger partial charge is 0.405 e. The Hall–Kier alpha value is 1.03. The standard InChI is InChI=1S/C10H25NO5P2S2/c1-5-13-17(12,14-6-2)11-9-10-20-18(19,15-7-3)16-8-4/h5-10H2,1-4H3,(H,11,12). The minimum Gasteiger partial charge on any atom is -0.322 e. The van der Waals surface area contributed by atoms with E-state index in [9.17, 15) is 4.57 Å². The number of nitrogens with one attached hydrogen (secondary N) is 1. The van der Waals surface area contributed by atoms with Gasteiger partial charge >= 0.3 is 7.75 Å². The summed E-state index contributed by atoms with van der Waals surface area (Å²) in [6.45, 7) is 9.45. The molecule has 0 heterocycles. The van der Waals surface area contributed by atoms with Crippen LogP contribution in [-0.2, 0) is 34.5 Å². The first kappa shape index (κ1) is 21.0. The summed E-state index contributed by atoms with van der Waals surface area (Å²) in [7, 11) is -3.20. The molecule has 0 aromatic rings. The maximum Gasteiger partial charge on any atom is 0.405 e. The van der Waals surface area contributed by atoms with E-state index in [2.05, 4.69) is 5.09 Å². The highest BCUT2D eigenvalue weighted by atomic mass is 32.9. The minimum absolute atomic E-state index is 0.327. The molecule has 0 rings (SSSR count). The van der Waals surface area contributed by atoms with Gasteiger partial charge in [0.15, 0.2) is 0 Å². The molecule has 1 N–H and O–H groups in total. The zero-order chi connectivity index (χ0) is 15.5. The van der Waals surface area contributed by atoms with Gasteiger partial charge in [-0.05, 0) is 39.5 Å². The second-order valence-electron chi connectivity index (χ2n) is 3.36. The van der Waals surface area contributed by atoms with Crippen molar-refractivity contribution >= 4 is 36.6 Å². The summed E-state index contributed by atoms with van der Waals surface area (Å²) in [6.07, 6.45) is 0. The van der Waals surface area contributed by atoms with E-state index < -0.39 is 13.4 Å². The molecule has 10 heteroatoms. The molecule has 0 atom stereocenters. The van der Waals surface area contributed by atoms with Crippen LogP contribution >= 0.6 is 24.8 Å². The summed E-state index contributed by atoms with van der Waals surface area (Å²) in [6, 6.07) is 0. The lowest BCUT2D eigenvalue weighted by atomic mass is 10.8. The van der Waals surface area contributed by atoms with Crippen LogP contribution in [0, 0.1) is 0 Å². The lowest BCUT2D eigenvalue weighted by Crippen LogP contribution is -2.18. The summed E-state index contributed by atoms with van der Waals surface area (Å²) in [5.74, 6) is 0.613. The van der Waals surface area contributed by atoms with Crippen molar-refractivity contribution in [1.29, 1.82) is 0 Å². The van der Waals surface area contributed by atoms with E-state index in [1.165, 1.54) is 11.4 Å². The second kappa shape index (κ2) is 11.6. The monoisotopic (exact) mass is 365 g/mol. The van der Waals surface area contributed by atoms with E-state index in [0.29, 0.717) is 38.7 Å². The van der Waals surface area contributed by atoms with Crippen LogP contribution in [0.3, 0.4) is 0 Å². The molecular weight excluding hydrogens is 340 g/mol. The Morgan fingerprint density at radius 3 is 1.80 bits per heavy atom. The number of hydrogen-bond acceptors (Lipinski definition) is 7. The molecule has 20 heavy (non-hydrogen) atoms. The molecule has 0 amide bonds. The highest BCUT2D eigenvalue weighted by Crippen LogP contribution is 2.60. The average Bonchev–Trinajstić information content (AvgIpc) is 2.36. The number of rotatable bonds is 13. The van der Waals surface area contributed by atoms with Crippen molar-refractivity contribution in [3.63, 3.8) is 0 Å². The van der Waals surface area contributed by atoms with Gasteiger partial charge in [-0.15, -0.1) is 0 Å². The summed E-state index contributed by atoms with van der Waals surface area (Å²) >= 11 is 6.82. The summed E-state index contributed by atoms with van der Waals surface area (Å²) in [5, 5.41) is 2.81. The predicted octanol–water partition coefficient (Wildman–Crippen LogP) is 3.79. The van der Waals surface area contributed by atoms with E-state index in [1.54, 1.807) is 13.8 Å². The smallest absolute Gasteiger partial charge is 0.322 e. The van der Waals surface area contributed by atoms with Crippen LogP contribution in [0.1, 0.15) is 27.7 Å². The highest BCUT2D eigenvalue weighted by molar-refractivity contribution is 8.67. The Kier molecular flexibility index (Phi) is 12.2. The van der Waals surface area contributed by atoms with Crippen LogP contribution in [0.4, 0.5) is 0 Å². The topological polar surface area (TPSA) is 66.0 Å². The van der Waals surface area contributed by atoms with Gasteiger partial charge in [-0.2, -0.15) is 0 Å². The SMILES string of the molecule is CCOP(=O)(NCCSP(=S)(OCC)OCC)OCC. The Morgan fingerprint density at radius 1 is 0.950 bits per heavy atom. The van der Waals surface area contributed by atoms with Gasteiger partial charge in [-0.3, -0.25) is 9.05 Å². The maximum atomic E-state index is 12.1. The van der Waals surface area contributed by atoms with Crippen LogP contribution in [0.2, 0.25) is 0 Å². The Balaban J connectivity index is 4.20. The van der Waals surface area contributed by atoms with E-state index in [1.807, 2.05) is 13.8 Å². The third-order valence-corrected chi connectivity index (χ3v) is 9.20. The van der Waals surface area contributed by atoms with Crippen molar-refractivity contribution in [2.75, 3.05) is 38.7 Å². The van der Waals surface area contributed by atoms with Crippen molar-refractivity contribution in [3.8, 4) is 0 Å². The lowest BCUT2D eigenvalue weighted by Gasteiger charge is -2.21. The first-order valence-corrected chi connectivity index (χ1v) is 12.4. The first-order chi connectivity index (χ1) is 9.45. The normalized spacial score (nSPS) is 12.8. The summed E-state index contributed by atoms with van der Waals surface area (Å²) < 4.78 is 33.4. The van der Waals surface area contributed by atoms with Crippen molar-refractivity contribution in [2.24, 2.45) is 0 Å². The molecule has 0 aliphatic carbocycles. The van der Waals surface area contributed by atoms with Gasteiger partial charge in [-0.25, -0.2) is 9.65 Å². The van der Waals surface area contributed by atoms with Gasteiger partial charge in [-0.1, -0.05) is 11.4 Å². The minimum atomic E-state index is -3.20. The third-order valence-electron chi connectivity index (χ3n) is 1.83. The fourth-order valence-electron chi connectivity index (χ4n) is 1.24. The average molecular weight is 365 g/mol. The summed E-state index contributed by atoms with van der Waals surface area (Å²) in [4.78, 5) is 0. The van der Waals surface area contributed by atoms with E-state index in [4.69, 9.17) is 29.9 Å². The third kappa shape index (κ3) is 9.13. The van der Waals surface area contributed by atoms with Gasteiger partial charge in [0.05, 0.1) is 26.4 Å². The fraction of sp³-hybridized carbons (Fsp3) is 1.00. The molecule has 0 fully saturated rings. The molecule has 0 radical (unpaired) electrons. The van der Waals surface area contributed by atoms with Crippen LogP contribution < -0.4 is 5.09 Å². The molecular formula is C10H25NO5P2S2. The fourth-order valence-corrected chi connectivity index (χ4v) is 7.31. The first-order valence-electron chi connectivity index (χ1n) is 6.63. The Bertz CT molecular complexity index is 294. The second-order valence-corrected chi connectivity index (χ2v) is 11.6. The van der Waals surface area contributed by atoms with Crippen LogP contribution in [0.25, 0.3) is 0 Å². The highest BCUT2D eigenvalue weighted by Gasteiger charge is 2.24. The molecule has 122 valence electrons. The van der Waals surface area contributed by atoms with E-state index >= 15 is 0 Å². The van der Waals surface area contributed by atoms with Gasteiger partial charge in [0, 0.05) is 12.3 Å². The molecule has 0 aliphatic rings. The predicted molar refractivity (Wildman–Crippen MR) is 88.9 cm³/mol. The van der Waals surface area contributed by atoms with Crippen molar-refractivity contribution in [1.82, 2.24) is 5.09 Å². The van der Waals surface area contributed by atoms with Gasteiger partial charge in [0.25, 0.3) is 0 Å². The Labute approximate surface area is 131 Å². The van der Waals surface area contributed by atoms with Gasteiger partial charge in [0.2, 0.25) is 5.69 Å².